The molecule has 0 spiro atoms. The van der Waals surface area contributed by atoms with Gasteiger partial charge in [0.15, 0.2) is 0 Å². The van der Waals surface area contributed by atoms with Gasteiger partial charge < -0.3 is 19.6 Å². The lowest BCUT2D eigenvalue weighted by atomic mass is 10.1. The van der Waals surface area contributed by atoms with Gasteiger partial charge in [0.25, 0.3) is 5.91 Å². The molecule has 9 nitrogen and oxygen atoms in total. The summed E-state index contributed by atoms with van der Waals surface area (Å²) in [6, 6.07) is 15.9. The zero-order valence-electron chi connectivity index (χ0n) is 16.5. The number of aryl methyl sites for hydroxylation is 1. The number of nitrogens with one attached hydrogen (secondary N) is 2. The summed E-state index contributed by atoms with van der Waals surface area (Å²) < 4.78 is 10.1. The van der Waals surface area contributed by atoms with Crippen LogP contribution in [0.3, 0.4) is 0 Å². The maximum absolute atomic E-state index is 12.3. The Labute approximate surface area is 176 Å². The number of amides is 2. The van der Waals surface area contributed by atoms with Crippen LogP contribution < -0.4 is 16.3 Å². The van der Waals surface area contributed by atoms with Crippen molar-refractivity contribution in [3.63, 3.8) is 0 Å². The van der Waals surface area contributed by atoms with Gasteiger partial charge in [0, 0.05) is 24.0 Å². The van der Waals surface area contributed by atoms with Gasteiger partial charge in [-0.25, -0.2) is 4.79 Å². The smallest absolute Gasteiger partial charge is 0.349 e. The average molecular weight is 418 g/mol. The third kappa shape index (κ3) is 4.50. The second kappa shape index (κ2) is 8.62. The second-order valence-electron chi connectivity index (χ2n) is 6.79. The summed E-state index contributed by atoms with van der Waals surface area (Å²) in [4.78, 5) is 40.6. The summed E-state index contributed by atoms with van der Waals surface area (Å²) in [5.41, 5.74) is 1.39. The van der Waals surface area contributed by atoms with Crippen LogP contribution in [0.25, 0.3) is 22.4 Å². The largest absolute Gasteiger partial charge is 0.422 e. The topological polar surface area (TPSA) is 127 Å². The highest BCUT2D eigenvalue weighted by molar-refractivity contribution is 5.96. The monoisotopic (exact) mass is 418 g/mol. The third-order valence-corrected chi connectivity index (χ3v) is 4.51. The molecule has 2 amide bonds. The number of benzene rings is 2. The molecule has 2 aromatic carbocycles. The van der Waals surface area contributed by atoms with Crippen LogP contribution in [0.1, 0.15) is 26.6 Å². The molecule has 0 aliphatic carbocycles. The van der Waals surface area contributed by atoms with Crippen LogP contribution in [0.4, 0.5) is 0 Å². The Morgan fingerprint density at radius 2 is 1.68 bits per heavy atom. The van der Waals surface area contributed by atoms with Crippen molar-refractivity contribution >= 4 is 22.8 Å². The van der Waals surface area contributed by atoms with Crippen molar-refractivity contribution in [2.75, 3.05) is 13.1 Å². The van der Waals surface area contributed by atoms with E-state index < -0.39 is 17.4 Å². The van der Waals surface area contributed by atoms with Gasteiger partial charge in [-0.1, -0.05) is 53.2 Å². The van der Waals surface area contributed by atoms with Gasteiger partial charge in [0.2, 0.25) is 5.82 Å². The van der Waals surface area contributed by atoms with E-state index in [2.05, 4.69) is 20.8 Å². The predicted molar refractivity (Wildman–Crippen MR) is 112 cm³/mol. The molecule has 156 valence electrons. The summed E-state index contributed by atoms with van der Waals surface area (Å²) in [5.74, 6) is -1.03. The Morgan fingerprint density at radius 3 is 2.45 bits per heavy atom. The Hall–Kier alpha value is -4.27. The molecule has 2 aromatic heterocycles. The lowest BCUT2D eigenvalue weighted by molar-refractivity contribution is 0.0897. The summed E-state index contributed by atoms with van der Waals surface area (Å²) in [7, 11) is 0. The Kier molecular flexibility index (Phi) is 5.57. The minimum absolute atomic E-state index is 0.0931. The fourth-order valence-electron chi connectivity index (χ4n) is 2.88. The molecule has 2 N–H and O–H groups in total. The van der Waals surface area contributed by atoms with Crippen LogP contribution in [-0.4, -0.2) is 35.0 Å². The normalized spacial score (nSPS) is 10.7. The van der Waals surface area contributed by atoms with E-state index in [1.165, 1.54) is 6.07 Å². The number of nitrogens with zero attached hydrogens (tertiary/aromatic N) is 2. The third-order valence-electron chi connectivity index (χ3n) is 4.51. The maximum Gasteiger partial charge on any atom is 0.349 e. The molecule has 4 rings (SSSR count). The predicted octanol–water partition coefficient (Wildman–Crippen LogP) is 2.31. The first-order valence-corrected chi connectivity index (χ1v) is 9.51. The fourth-order valence-corrected chi connectivity index (χ4v) is 2.88. The minimum Gasteiger partial charge on any atom is -0.422 e. The minimum atomic E-state index is -0.727. The molecule has 0 saturated carbocycles. The number of hydrogen-bond acceptors (Lipinski definition) is 7. The molecule has 0 atom stereocenters. The van der Waals surface area contributed by atoms with Crippen LogP contribution in [-0.2, 0) is 0 Å². The molecule has 0 aliphatic rings. The summed E-state index contributed by atoms with van der Waals surface area (Å²) in [6.07, 6.45) is 0. The molecule has 0 fully saturated rings. The average Bonchev–Trinajstić information content (AvgIpc) is 3.27. The molecular weight excluding hydrogens is 400 g/mol. The van der Waals surface area contributed by atoms with Gasteiger partial charge in [-0.2, -0.15) is 4.98 Å². The summed E-state index contributed by atoms with van der Waals surface area (Å²) >= 11 is 0. The zero-order chi connectivity index (χ0) is 21.8. The Bertz CT molecular complexity index is 1310. The Morgan fingerprint density at radius 1 is 0.968 bits per heavy atom. The van der Waals surface area contributed by atoms with E-state index in [9.17, 15) is 14.4 Å². The van der Waals surface area contributed by atoms with E-state index in [4.69, 9.17) is 8.94 Å². The second-order valence-corrected chi connectivity index (χ2v) is 6.79. The molecule has 4 aromatic rings. The molecule has 0 saturated heterocycles. The standard InChI is InChI=1S/C22H18N4O5/c1-13-6-8-14(9-7-13)18-25-21(31-26-18)20(28)24-11-10-23-19(27)16-12-15-4-2-3-5-17(15)30-22(16)29/h2-9,12H,10-11H2,1H3,(H,23,27)(H,24,28). The molecule has 31 heavy (non-hydrogen) atoms. The fraction of sp³-hybridized carbons (Fsp3) is 0.136. The van der Waals surface area contributed by atoms with Gasteiger partial charge >= 0.3 is 17.4 Å². The highest BCUT2D eigenvalue weighted by atomic mass is 16.5. The number of carbonyl (C=O) groups excluding carboxylic acids is 2. The van der Waals surface area contributed by atoms with E-state index in [-0.39, 0.29) is 24.5 Å². The van der Waals surface area contributed by atoms with Gasteiger partial charge in [0.05, 0.1) is 0 Å². The number of hydrogen-bond donors (Lipinski definition) is 2. The summed E-state index contributed by atoms with van der Waals surface area (Å²) in [5, 5.41) is 9.59. The van der Waals surface area contributed by atoms with Crippen molar-refractivity contribution in [3.8, 4) is 11.4 Å². The van der Waals surface area contributed by atoms with Gasteiger partial charge in [0.1, 0.15) is 11.1 Å². The van der Waals surface area contributed by atoms with Crippen LogP contribution in [0.2, 0.25) is 0 Å². The first kappa shape index (κ1) is 20.0. The van der Waals surface area contributed by atoms with Gasteiger partial charge in [-0.3, -0.25) is 9.59 Å². The molecule has 2 heterocycles. The SMILES string of the molecule is Cc1ccc(-c2noc(C(=O)NCCNC(=O)c3cc4ccccc4oc3=O)n2)cc1. The molecule has 0 radical (unpaired) electrons. The van der Waals surface area contributed by atoms with E-state index >= 15 is 0 Å². The van der Waals surface area contributed by atoms with Crippen molar-refractivity contribution in [2.24, 2.45) is 0 Å². The summed E-state index contributed by atoms with van der Waals surface area (Å²) in [6.45, 7) is 2.16. The lowest BCUT2D eigenvalue weighted by Gasteiger charge is -2.05. The number of carbonyl (C=O) groups is 2. The molecule has 0 bridgehead atoms. The number of rotatable bonds is 6. The zero-order valence-corrected chi connectivity index (χ0v) is 16.5. The van der Waals surface area contributed by atoms with Crippen molar-refractivity contribution in [1.82, 2.24) is 20.8 Å². The first-order valence-electron chi connectivity index (χ1n) is 9.51. The molecule has 0 aliphatic heterocycles. The molecular formula is C22H18N4O5. The highest BCUT2D eigenvalue weighted by Gasteiger charge is 2.16. The number of fused-ring (bicyclic) bond motifs is 1. The van der Waals surface area contributed by atoms with Crippen LogP contribution in [0.5, 0.6) is 0 Å². The maximum atomic E-state index is 12.3. The van der Waals surface area contributed by atoms with Crippen molar-refractivity contribution in [1.29, 1.82) is 0 Å². The Balaban J connectivity index is 1.31. The van der Waals surface area contributed by atoms with Crippen LogP contribution in [0, 0.1) is 6.92 Å². The van der Waals surface area contributed by atoms with E-state index in [1.54, 1.807) is 24.3 Å². The highest BCUT2D eigenvalue weighted by Crippen LogP contribution is 2.16. The van der Waals surface area contributed by atoms with E-state index in [1.807, 2.05) is 31.2 Å². The van der Waals surface area contributed by atoms with Crippen LogP contribution >= 0.6 is 0 Å². The number of para-hydroxylation sites is 1. The lowest BCUT2D eigenvalue weighted by Crippen LogP contribution is -2.36. The van der Waals surface area contributed by atoms with Crippen molar-refractivity contribution in [3.05, 3.63) is 82.0 Å². The molecule has 0 unspecified atom stereocenters. The van der Waals surface area contributed by atoms with Gasteiger partial charge in [-0.05, 0) is 19.1 Å². The van der Waals surface area contributed by atoms with E-state index in [0.29, 0.717) is 16.8 Å². The quantitative estimate of drug-likeness (QED) is 0.363. The first-order chi connectivity index (χ1) is 15.0. The van der Waals surface area contributed by atoms with Gasteiger partial charge in [-0.15, -0.1) is 0 Å². The number of aromatic nitrogens is 2. The van der Waals surface area contributed by atoms with Crippen LogP contribution in [0.15, 0.2) is 68.3 Å². The van der Waals surface area contributed by atoms with Crippen molar-refractivity contribution < 1.29 is 18.5 Å². The van der Waals surface area contributed by atoms with E-state index in [0.717, 1.165) is 11.1 Å². The van der Waals surface area contributed by atoms with Crippen molar-refractivity contribution in [2.45, 2.75) is 6.92 Å². The molecule has 9 heteroatoms.